The van der Waals surface area contributed by atoms with E-state index in [9.17, 15) is 4.79 Å². The van der Waals surface area contributed by atoms with Crippen LogP contribution >= 0.6 is 0 Å². The maximum Gasteiger partial charge on any atom is 0.244 e. The number of aromatic nitrogens is 3. The molecule has 0 fully saturated rings. The Morgan fingerprint density at radius 3 is 2.71 bits per heavy atom. The van der Waals surface area contributed by atoms with Gasteiger partial charge in [0.2, 0.25) is 5.91 Å². The number of nitrogens with zero attached hydrogens (tertiary/aromatic N) is 3. The normalized spacial score (nSPS) is 10.8. The molecule has 2 rings (SSSR count). The highest BCUT2D eigenvalue weighted by Gasteiger charge is 1.98. The number of benzene rings is 1. The van der Waals surface area contributed by atoms with Gasteiger partial charge < -0.3 is 10.2 Å². The van der Waals surface area contributed by atoms with Gasteiger partial charge in [-0.05, 0) is 23.8 Å². The number of carbonyl (C=O) groups is 1. The van der Waals surface area contributed by atoms with Crippen LogP contribution in [0, 0.1) is 0 Å². The van der Waals surface area contributed by atoms with Crippen molar-refractivity contribution >= 4 is 17.7 Å². The highest BCUT2D eigenvalue weighted by atomic mass is 16.1. The molecule has 2 aromatic rings. The maximum absolute atomic E-state index is 11.7. The fourth-order valence-electron chi connectivity index (χ4n) is 1.77. The minimum Gasteiger partial charge on any atom is -0.378 e. The van der Waals surface area contributed by atoms with E-state index in [1.807, 2.05) is 43.3 Å². The lowest BCUT2D eigenvalue weighted by atomic mass is 10.2. The number of hydrogen-bond acceptors (Lipinski definition) is 4. The van der Waals surface area contributed by atoms with Gasteiger partial charge in [-0.2, -0.15) is 5.10 Å². The number of rotatable bonds is 6. The van der Waals surface area contributed by atoms with Gasteiger partial charge in [-0.15, -0.1) is 0 Å². The van der Waals surface area contributed by atoms with Crippen molar-refractivity contribution in [1.82, 2.24) is 20.5 Å². The summed E-state index contributed by atoms with van der Waals surface area (Å²) < 4.78 is 0. The van der Waals surface area contributed by atoms with E-state index in [-0.39, 0.29) is 5.91 Å². The van der Waals surface area contributed by atoms with Crippen molar-refractivity contribution in [2.24, 2.45) is 0 Å². The van der Waals surface area contributed by atoms with E-state index in [1.54, 1.807) is 6.08 Å². The topological polar surface area (TPSA) is 73.9 Å². The Balaban J connectivity index is 1.78. The minimum absolute atomic E-state index is 0.119. The Bertz CT molecular complexity index is 587. The molecule has 1 heterocycles. The summed E-state index contributed by atoms with van der Waals surface area (Å²) in [5.41, 5.74) is 2.12. The smallest absolute Gasteiger partial charge is 0.244 e. The minimum atomic E-state index is -0.119. The fraction of sp³-hybridized carbons (Fsp3) is 0.267. The number of aromatic amines is 1. The number of H-pyrrole nitrogens is 1. The number of anilines is 1. The molecular weight excluding hydrogens is 266 g/mol. The molecule has 6 nitrogen and oxygen atoms in total. The molecule has 2 N–H and O–H groups in total. The van der Waals surface area contributed by atoms with Crippen LogP contribution in [-0.4, -0.2) is 41.7 Å². The molecule has 1 aromatic heterocycles. The lowest BCUT2D eigenvalue weighted by molar-refractivity contribution is -0.116. The Kier molecular flexibility index (Phi) is 5.09. The third-order valence-electron chi connectivity index (χ3n) is 2.96. The van der Waals surface area contributed by atoms with Crippen molar-refractivity contribution in [3.8, 4) is 0 Å². The Labute approximate surface area is 123 Å². The highest BCUT2D eigenvalue weighted by Crippen LogP contribution is 2.12. The van der Waals surface area contributed by atoms with Crippen LogP contribution in [0.5, 0.6) is 0 Å². The fourth-order valence-corrected chi connectivity index (χ4v) is 1.77. The van der Waals surface area contributed by atoms with Gasteiger partial charge in [-0.1, -0.05) is 12.1 Å². The van der Waals surface area contributed by atoms with Gasteiger partial charge in [-0.3, -0.25) is 9.89 Å². The zero-order valence-corrected chi connectivity index (χ0v) is 12.2. The molecule has 110 valence electrons. The molecule has 6 heteroatoms. The van der Waals surface area contributed by atoms with Gasteiger partial charge in [-0.25, -0.2) is 4.98 Å². The summed E-state index contributed by atoms with van der Waals surface area (Å²) >= 11 is 0. The van der Waals surface area contributed by atoms with Crippen LogP contribution in [0.15, 0.2) is 36.7 Å². The maximum atomic E-state index is 11.7. The summed E-state index contributed by atoms with van der Waals surface area (Å²) in [6.45, 7) is 0.526. The Morgan fingerprint density at radius 2 is 2.10 bits per heavy atom. The molecule has 0 atom stereocenters. The molecular formula is C15H19N5O. The first-order chi connectivity index (χ1) is 10.1. The second kappa shape index (κ2) is 7.23. The molecule has 21 heavy (non-hydrogen) atoms. The second-order valence-electron chi connectivity index (χ2n) is 4.79. The van der Waals surface area contributed by atoms with Crippen LogP contribution in [0.3, 0.4) is 0 Å². The van der Waals surface area contributed by atoms with Crippen molar-refractivity contribution in [3.05, 3.63) is 48.1 Å². The average molecular weight is 285 g/mol. The molecule has 1 aromatic carbocycles. The van der Waals surface area contributed by atoms with E-state index in [2.05, 4.69) is 20.5 Å². The van der Waals surface area contributed by atoms with Crippen molar-refractivity contribution in [3.63, 3.8) is 0 Å². The van der Waals surface area contributed by atoms with Crippen LogP contribution in [0.1, 0.15) is 11.4 Å². The Morgan fingerprint density at radius 1 is 1.33 bits per heavy atom. The average Bonchev–Trinajstić information content (AvgIpc) is 2.99. The summed E-state index contributed by atoms with van der Waals surface area (Å²) in [6, 6.07) is 7.99. The highest BCUT2D eigenvalue weighted by molar-refractivity contribution is 5.91. The van der Waals surface area contributed by atoms with E-state index in [0.717, 1.165) is 17.1 Å². The predicted octanol–water partition coefficient (Wildman–Crippen LogP) is 1.24. The first-order valence-electron chi connectivity index (χ1n) is 6.72. The van der Waals surface area contributed by atoms with Gasteiger partial charge in [0, 0.05) is 38.8 Å². The van der Waals surface area contributed by atoms with E-state index in [4.69, 9.17) is 0 Å². The van der Waals surface area contributed by atoms with E-state index < -0.39 is 0 Å². The summed E-state index contributed by atoms with van der Waals surface area (Å²) in [6.07, 6.45) is 5.42. The molecule has 0 saturated carbocycles. The SMILES string of the molecule is CN(C)c1ccc(C=CC(=O)NCCc2ncn[nH]2)cc1. The molecule has 0 aliphatic carbocycles. The van der Waals surface area contributed by atoms with Gasteiger partial charge in [0.15, 0.2) is 0 Å². The van der Waals surface area contributed by atoms with Crippen LogP contribution in [0.25, 0.3) is 6.08 Å². The summed E-state index contributed by atoms with van der Waals surface area (Å²) in [7, 11) is 3.99. The first kappa shape index (κ1) is 14.8. The first-order valence-corrected chi connectivity index (χ1v) is 6.72. The number of hydrogen-bond donors (Lipinski definition) is 2. The largest absolute Gasteiger partial charge is 0.378 e. The van der Waals surface area contributed by atoms with E-state index >= 15 is 0 Å². The molecule has 0 radical (unpaired) electrons. The zero-order chi connectivity index (χ0) is 15.1. The monoisotopic (exact) mass is 285 g/mol. The summed E-state index contributed by atoms with van der Waals surface area (Å²) in [4.78, 5) is 17.7. The lowest BCUT2D eigenvalue weighted by Crippen LogP contribution is -2.23. The standard InChI is InChI=1S/C15H19N5O/c1-20(2)13-6-3-12(4-7-13)5-8-15(21)16-10-9-14-17-11-18-19-14/h3-8,11H,9-10H2,1-2H3,(H,16,21)(H,17,18,19). The molecule has 0 aliphatic heterocycles. The van der Waals surface area contributed by atoms with Crippen LogP contribution in [0.4, 0.5) is 5.69 Å². The zero-order valence-electron chi connectivity index (χ0n) is 12.2. The van der Waals surface area contributed by atoms with E-state index in [1.165, 1.54) is 12.4 Å². The van der Waals surface area contributed by atoms with E-state index in [0.29, 0.717) is 13.0 Å². The second-order valence-corrected chi connectivity index (χ2v) is 4.79. The molecule has 0 unspecified atom stereocenters. The summed E-state index contributed by atoms with van der Waals surface area (Å²) in [5.74, 6) is 0.643. The lowest BCUT2D eigenvalue weighted by Gasteiger charge is -2.11. The molecule has 0 aliphatic rings. The van der Waals surface area contributed by atoms with Gasteiger partial charge in [0.1, 0.15) is 12.2 Å². The van der Waals surface area contributed by atoms with Gasteiger partial charge in [0.25, 0.3) is 0 Å². The van der Waals surface area contributed by atoms with Gasteiger partial charge >= 0.3 is 0 Å². The predicted molar refractivity (Wildman–Crippen MR) is 82.9 cm³/mol. The number of amides is 1. The van der Waals surface area contributed by atoms with Gasteiger partial charge in [0.05, 0.1) is 0 Å². The molecule has 1 amide bonds. The molecule has 0 spiro atoms. The third-order valence-corrected chi connectivity index (χ3v) is 2.96. The van der Waals surface area contributed by atoms with Crippen LogP contribution in [0.2, 0.25) is 0 Å². The van der Waals surface area contributed by atoms with Crippen LogP contribution < -0.4 is 10.2 Å². The van der Waals surface area contributed by atoms with Crippen LogP contribution in [-0.2, 0) is 11.2 Å². The summed E-state index contributed by atoms with van der Waals surface area (Å²) in [5, 5.41) is 9.30. The Hall–Kier alpha value is -2.63. The van der Waals surface area contributed by atoms with Crippen molar-refractivity contribution in [1.29, 1.82) is 0 Å². The number of carbonyl (C=O) groups excluding carboxylic acids is 1. The third kappa shape index (κ3) is 4.76. The molecule has 0 saturated heterocycles. The van der Waals surface area contributed by atoms with Crippen molar-refractivity contribution < 1.29 is 4.79 Å². The van der Waals surface area contributed by atoms with Crippen molar-refractivity contribution in [2.75, 3.05) is 25.5 Å². The molecule has 0 bridgehead atoms. The quantitative estimate of drug-likeness (QED) is 0.783. The van der Waals surface area contributed by atoms with Crippen molar-refractivity contribution in [2.45, 2.75) is 6.42 Å². The number of nitrogens with one attached hydrogen (secondary N) is 2.